The number of halogens is 3. The Morgan fingerprint density at radius 3 is 2.40 bits per heavy atom. The van der Waals surface area contributed by atoms with Crippen LogP contribution in [0.2, 0.25) is 5.02 Å². The van der Waals surface area contributed by atoms with Crippen molar-refractivity contribution < 1.29 is 4.39 Å². The van der Waals surface area contributed by atoms with Crippen molar-refractivity contribution in [1.82, 2.24) is 0 Å². The first-order valence-electron chi connectivity index (χ1n) is 6.25. The van der Waals surface area contributed by atoms with Gasteiger partial charge < -0.3 is 5.73 Å². The molecule has 2 aromatic rings. The highest BCUT2D eigenvalue weighted by Gasteiger charge is 2.30. The fourth-order valence-corrected chi connectivity index (χ4v) is 3.49. The Kier molecular flexibility index (Phi) is 4.24. The van der Waals surface area contributed by atoms with Crippen molar-refractivity contribution in [2.24, 2.45) is 5.73 Å². The van der Waals surface area contributed by atoms with Crippen molar-refractivity contribution >= 4 is 27.5 Å². The molecule has 2 rings (SSSR count). The summed E-state index contributed by atoms with van der Waals surface area (Å²) in [6.45, 7) is 5.51. The zero-order valence-corrected chi connectivity index (χ0v) is 13.9. The van der Waals surface area contributed by atoms with E-state index < -0.39 is 5.54 Å². The second-order valence-electron chi connectivity index (χ2n) is 5.27. The molecule has 0 amide bonds. The van der Waals surface area contributed by atoms with Crippen LogP contribution in [0.25, 0.3) is 0 Å². The lowest BCUT2D eigenvalue weighted by Gasteiger charge is -2.29. The van der Waals surface area contributed by atoms with Crippen molar-refractivity contribution in [3.05, 3.63) is 67.9 Å². The molecule has 0 radical (unpaired) electrons. The van der Waals surface area contributed by atoms with E-state index in [9.17, 15) is 4.39 Å². The van der Waals surface area contributed by atoms with Crippen LogP contribution in [0.5, 0.6) is 0 Å². The average Bonchev–Trinajstić information content (AvgIpc) is 2.25. The highest BCUT2D eigenvalue weighted by atomic mass is 79.9. The SMILES string of the molecule is Cc1cc(C)c(C(C)(N)c2ccc(Br)cc2Cl)c(F)c1. The number of aryl methyl sites for hydroxylation is 2. The molecule has 20 heavy (non-hydrogen) atoms. The Hall–Kier alpha value is -0.900. The van der Waals surface area contributed by atoms with Crippen LogP contribution in [0, 0.1) is 19.7 Å². The van der Waals surface area contributed by atoms with Gasteiger partial charge in [0.05, 0.1) is 5.54 Å². The number of nitrogens with two attached hydrogens (primary N) is 1. The van der Waals surface area contributed by atoms with E-state index in [2.05, 4.69) is 15.9 Å². The van der Waals surface area contributed by atoms with Gasteiger partial charge in [0, 0.05) is 15.1 Å². The largest absolute Gasteiger partial charge is 0.318 e. The normalized spacial score (nSPS) is 14.2. The quantitative estimate of drug-likeness (QED) is 0.797. The summed E-state index contributed by atoms with van der Waals surface area (Å²) in [6.07, 6.45) is 0. The van der Waals surface area contributed by atoms with Gasteiger partial charge >= 0.3 is 0 Å². The van der Waals surface area contributed by atoms with Crippen LogP contribution in [0.3, 0.4) is 0 Å². The zero-order chi connectivity index (χ0) is 15.1. The Bertz CT molecular complexity index is 645. The molecule has 2 N–H and O–H groups in total. The fraction of sp³-hybridized carbons (Fsp3) is 0.250. The molecule has 0 saturated heterocycles. The fourth-order valence-electron chi connectivity index (χ4n) is 2.62. The third kappa shape index (κ3) is 2.76. The minimum absolute atomic E-state index is 0.300. The molecule has 0 heterocycles. The molecule has 0 aliphatic carbocycles. The average molecular weight is 357 g/mol. The van der Waals surface area contributed by atoms with E-state index in [0.29, 0.717) is 16.1 Å². The maximum absolute atomic E-state index is 14.4. The molecular formula is C16H16BrClFN. The number of benzene rings is 2. The molecule has 4 heteroatoms. The summed E-state index contributed by atoms with van der Waals surface area (Å²) in [5, 5.41) is 0.517. The monoisotopic (exact) mass is 355 g/mol. The van der Waals surface area contributed by atoms with Crippen LogP contribution >= 0.6 is 27.5 Å². The summed E-state index contributed by atoms with van der Waals surface area (Å²) in [7, 11) is 0. The summed E-state index contributed by atoms with van der Waals surface area (Å²) in [5.74, 6) is -0.300. The molecule has 0 aromatic heterocycles. The maximum atomic E-state index is 14.4. The molecule has 1 nitrogen and oxygen atoms in total. The Morgan fingerprint density at radius 2 is 1.85 bits per heavy atom. The van der Waals surface area contributed by atoms with Gasteiger partial charge in [-0.1, -0.05) is 39.7 Å². The third-order valence-electron chi connectivity index (χ3n) is 3.44. The van der Waals surface area contributed by atoms with Crippen molar-refractivity contribution in [2.45, 2.75) is 26.3 Å². The standard InChI is InChI=1S/C16H16BrClFN/c1-9-6-10(2)15(14(19)7-9)16(3,20)12-5-4-11(17)8-13(12)18/h4-8H,20H2,1-3H3. The van der Waals surface area contributed by atoms with Crippen molar-refractivity contribution in [3.8, 4) is 0 Å². The van der Waals surface area contributed by atoms with Crippen LogP contribution in [-0.2, 0) is 5.54 Å². The van der Waals surface area contributed by atoms with Crippen molar-refractivity contribution in [2.75, 3.05) is 0 Å². The Balaban J connectivity index is 2.66. The summed E-state index contributed by atoms with van der Waals surface area (Å²) >= 11 is 9.63. The first kappa shape index (κ1) is 15.5. The molecule has 0 aliphatic rings. The minimum atomic E-state index is -0.986. The molecule has 2 aromatic carbocycles. The topological polar surface area (TPSA) is 26.0 Å². The lowest BCUT2D eigenvalue weighted by molar-refractivity contribution is 0.526. The highest BCUT2D eigenvalue weighted by molar-refractivity contribution is 9.10. The van der Waals surface area contributed by atoms with Gasteiger partial charge in [0.2, 0.25) is 0 Å². The number of hydrogen-bond donors (Lipinski definition) is 1. The van der Waals surface area contributed by atoms with Gasteiger partial charge in [-0.15, -0.1) is 0 Å². The molecule has 106 valence electrons. The van der Waals surface area contributed by atoms with Gasteiger partial charge in [0.25, 0.3) is 0 Å². The molecule has 0 spiro atoms. The van der Waals surface area contributed by atoms with Crippen molar-refractivity contribution in [1.29, 1.82) is 0 Å². The lowest BCUT2D eigenvalue weighted by atomic mass is 9.82. The summed E-state index contributed by atoms with van der Waals surface area (Å²) in [6, 6.07) is 8.87. The van der Waals surface area contributed by atoms with Gasteiger partial charge in [-0.3, -0.25) is 0 Å². The van der Waals surface area contributed by atoms with E-state index in [0.717, 1.165) is 15.6 Å². The van der Waals surface area contributed by atoms with Crippen molar-refractivity contribution in [3.63, 3.8) is 0 Å². The minimum Gasteiger partial charge on any atom is -0.318 e. The van der Waals surface area contributed by atoms with Crippen LogP contribution in [-0.4, -0.2) is 0 Å². The molecule has 0 saturated carbocycles. The first-order valence-corrected chi connectivity index (χ1v) is 7.42. The smallest absolute Gasteiger partial charge is 0.129 e. The summed E-state index contributed by atoms with van der Waals surface area (Å²) in [5.41, 5.74) is 8.32. The second-order valence-corrected chi connectivity index (χ2v) is 6.59. The van der Waals surface area contributed by atoms with Gasteiger partial charge in [-0.05, 0) is 55.7 Å². The van der Waals surface area contributed by atoms with E-state index in [-0.39, 0.29) is 5.82 Å². The summed E-state index contributed by atoms with van der Waals surface area (Å²) < 4.78 is 15.2. The third-order valence-corrected chi connectivity index (χ3v) is 4.25. The summed E-state index contributed by atoms with van der Waals surface area (Å²) in [4.78, 5) is 0. The predicted molar refractivity (Wildman–Crippen MR) is 85.7 cm³/mol. The van der Waals surface area contributed by atoms with E-state index in [1.165, 1.54) is 6.07 Å². The molecule has 0 fully saturated rings. The van der Waals surface area contributed by atoms with Gasteiger partial charge in [0.15, 0.2) is 0 Å². The van der Waals surface area contributed by atoms with Crippen LogP contribution in [0.4, 0.5) is 4.39 Å². The highest BCUT2D eigenvalue weighted by Crippen LogP contribution is 2.36. The Labute approximate surface area is 132 Å². The van der Waals surface area contributed by atoms with E-state index in [1.807, 2.05) is 32.0 Å². The number of hydrogen-bond acceptors (Lipinski definition) is 1. The second kappa shape index (κ2) is 5.47. The van der Waals surface area contributed by atoms with E-state index in [4.69, 9.17) is 17.3 Å². The van der Waals surface area contributed by atoms with Gasteiger partial charge in [-0.2, -0.15) is 0 Å². The first-order chi connectivity index (χ1) is 9.23. The van der Waals surface area contributed by atoms with Crippen LogP contribution in [0.15, 0.2) is 34.8 Å². The predicted octanol–water partition coefficient (Wildman–Crippen LogP) is 5.08. The Morgan fingerprint density at radius 1 is 1.20 bits per heavy atom. The van der Waals surface area contributed by atoms with E-state index >= 15 is 0 Å². The molecule has 0 aliphatic heterocycles. The molecular weight excluding hydrogens is 341 g/mol. The molecule has 0 bridgehead atoms. The van der Waals surface area contributed by atoms with Crippen LogP contribution in [0.1, 0.15) is 29.2 Å². The zero-order valence-electron chi connectivity index (χ0n) is 11.6. The van der Waals surface area contributed by atoms with Gasteiger partial charge in [0.1, 0.15) is 5.82 Å². The molecule has 1 unspecified atom stereocenters. The maximum Gasteiger partial charge on any atom is 0.129 e. The van der Waals surface area contributed by atoms with Gasteiger partial charge in [-0.25, -0.2) is 4.39 Å². The molecule has 1 atom stereocenters. The van der Waals surface area contributed by atoms with Crippen LogP contribution < -0.4 is 5.73 Å². The lowest BCUT2D eigenvalue weighted by Crippen LogP contribution is -2.36. The number of rotatable bonds is 2. The van der Waals surface area contributed by atoms with E-state index in [1.54, 1.807) is 13.0 Å².